The maximum absolute atomic E-state index is 13.0. The fourth-order valence-corrected chi connectivity index (χ4v) is 5.50. The lowest BCUT2D eigenvalue weighted by molar-refractivity contribution is 0.462. The number of hydrogen-bond acceptors (Lipinski definition) is 5. The molecule has 3 aromatic rings. The highest BCUT2D eigenvalue weighted by Gasteiger charge is 2.27. The first kappa shape index (κ1) is 19.0. The van der Waals surface area contributed by atoms with Gasteiger partial charge in [-0.25, -0.2) is 18.1 Å². The molecule has 140 valence electrons. The predicted octanol–water partition coefficient (Wildman–Crippen LogP) is 3.63. The molecule has 0 aliphatic carbocycles. The summed E-state index contributed by atoms with van der Waals surface area (Å²) < 4.78 is 30.6. The van der Waals surface area contributed by atoms with E-state index in [4.69, 9.17) is 0 Å². The minimum atomic E-state index is -3.70. The Hall–Kier alpha value is -1.77. The standard InChI is InChI=1S/C18H24N4O2S2/c1-10(2)17(16-7-11(3)25-13(16)5)21-26(23,24)14-8-15-12(4)20-22(6)18(15)19-9-14/h7-10,17,21H,1-6H3. The number of fused-ring (bicyclic) bond motifs is 1. The SMILES string of the molecule is Cc1cc(C(NS(=O)(=O)c2cnc3c(c2)c(C)nn3C)C(C)C)c(C)s1. The van der Waals surface area contributed by atoms with Crippen molar-refractivity contribution in [3.63, 3.8) is 0 Å². The molecule has 3 aromatic heterocycles. The van der Waals surface area contributed by atoms with E-state index >= 15 is 0 Å². The van der Waals surface area contributed by atoms with Gasteiger partial charge in [-0.15, -0.1) is 11.3 Å². The summed E-state index contributed by atoms with van der Waals surface area (Å²) in [4.78, 5) is 6.78. The summed E-state index contributed by atoms with van der Waals surface area (Å²) in [6.07, 6.45) is 1.40. The van der Waals surface area contributed by atoms with E-state index in [9.17, 15) is 8.42 Å². The van der Waals surface area contributed by atoms with Crippen molar-refractivity contribution in [1.82, 2.24) is 19.5 Å². The largest absolute Gasteiger partial charge is 0.250 e. The lowest BCUT2D eigenvalue weighted by Crippen LogP contribution is -2.32. The van der Waals surface area contributed by atoms with E-state index in [1.54, 1.807) is 29.1 Å². The van der Waals surface area contributed by atoms with Gasteiger partial charge in [0.15, 0.2) is 5.65 Å². The van der Waals surface area contributed by atoms with E-state index < -0.39 is 10.0 Å². The summed E-state index contributed by atoms with van der Waals surface area (Å²) in [5.74, 6) is 0.120. The predicted molar refractivity (Wildman–Crippen MR) is 105 cm³/mol. The Bertz CT molecular complexity index is 1060. The van der Waals surface area contributed by atoms with Gasteiger partial charge in [0, 0.05) is 28.4 Å². The second-order valence-corrected chi connectivity index (χ2v) is 10.1. The van der Waals surface area contributed by atoms with E-state index in [-0.39, 0.29) is 16.9 Å². The van der Waals surface area contributed by atoms with Gasteiger partial charge in [0.2, 0.25) is 10.0 Å². The molecule has 0 amide bonds. The van der Waals surface area contributed by atoms with Crippen LogP contribution in [0.3, 0.4) is 0 Å². The molecular weight excluding hydrogens is 368 g/mol. The van der Waals surface area contributed by atoms with E-state index in [0.717, 1.165) is 21.5 Å². The van der Waals surface area contributed by atoms with Gasteiger partial charge in [-0.05, 0) is 44.4 Å². The first-order chi connectivity index (χ1) is 12.1. The molecule has 0 saturated heterocycles. The smallest absolute Gasteiger partial charge is 0.242 e. The number of hydrogen-bond donors (Lipinski definition) is 1. The van der Waals surface area contributed by atoms with Crippen LogP contribution in [0.25, 0.3) is 11.0 Å². The zero-order chi connectivity index (χ0) is 19.2. The highest BCUT2D eigenvalue weighted by atomic mass is 32.2. The number of rotatable bonds is 5. The molecule has 0 saturated carbocycles. The molecule has 0 aliphatic rings. The van der Waals surface area contributed by atoms with Gasteiger partial charge in [0.05, 0.1) is 11.7 Å². The van der Waals surface area contributed by atoms with Crippen molar-refractivity contribution >= 4 is 32.4 Å². The number of sulfonamides is 1. The first-order valence-electron chi connectivity index (χ1n) is 8.48. The first-order valence-corrected chi connectivity index (χ1v) is 10.8. The van der Waals surface area contributed by atoms with Crippen molar-refractivity contribution < 1.29 is 8.42 Å². The van der Waals surface area contributed by atoms with Gasteiger partial charge in [0.1, 0.15) is 4.90 Å². The molecule has 0 radical (unpaired) electrons. The number of nitrogens with one attached hydrogen (secondary N) is 1. The Balaban J connectivity index is 2.01. The van der Waals surface area contributed by atoms with Crippen LogP contribution in [0.2, 0.25) is 0 Å². The Kier molecular flexibility index (Phi) is 4.94. The topological polar surface area (TPSA) is 76.9 Å². The highest BCUT2D eigenvalue weighted by Crippen LogP contribution is 2.32. The molecule has 0 aromatic carbocycles. The number of nitrogens with zero attached hydrogens (tertiary/aromatic N) is 3. The fraction of sp³-hybridized carbons (Fsp3) is 0.444. The number of aromatic nitrogens is 3. The van der Waals surface area contributed by atoms with Crippen LogP contribution in [0.1, 0.15) is 40.9 Å². The molecule has 0 aliphatic heterocycles. The zero-order valence-electron chi connectivity index (χ0n) is 15.9. The lowest BCUT2D eigenvalue weighted by Gasteiger charge is -2.22. The van der Waals surface area contributed by atoms with Gasteiger partial charge in [-0.2, -0.15) is 5.10 Å². The van der Waals surface area contributed by atoms with Gasteiger partial charge in [-0.3, -0.25) is 4.68 Å². The van der Waals surface area contributed by atoms with Crippen LogP contribution in [0.5, 0.6) is 0 Å². The highest BCUT2D eigenvalue weighted by molar-refractivity contribution is 7.89. The fourth-order valence-electron chi connectivity index (χ4n) is 3.19. The molecular formula is C18H24N4O2S2. The average molecular weight is 393 g/mol. The summed E-state index contributed by atoms with van der Waals surface area (Å²) in [5, 5.41) is 5.05. The molecule has 3 heterocycles. The molecule has 0 spiro atoms. The third kappa shape index (κ3) is 3.41. The molecule has 3 rings (SSSR count). The number of thiophene rings is 1. The van der Waals surface area contributed by atoms with E-state index in [1.807, 2.05) is 34.6 Å². The molecule has 26 heavy (non-hydrogen) atoms. The van der Waals surface area contributed by atoms with Crippen molar-refractivity contribution in [3.8, 4) is 0 Å². The molecule has 0 fully saturated rings. The molecule has 8 heteroatoms. The van der Waals surface area contributed by atoms with Crippen LogP contribution in [0.4, 0.5) is 0 Å². The van der Waals surface area contributed by atoms with Crippen molar-refractivity contribution in [2.24, 2.45) is 13.0 Å². The quantitative estimate of drug-likeness (QED) is 0.719. The van der Waals surface area contributed by atoms with Gasteiger partial charge >= 0.3 is 0 Å². The Labute approximate surface area is 158 Å². The van der Waals surface area contributed by atoms with E-state index in [2.05, 4.69) is 20.9 Å². The van der Waals surface area contributed by atoms with Crippen LogP contribution < -0.4 is 4.72 Å². The van der Waals surface area contributed by atoms with Gasteiger partial charge in [-0.1, -0.05) is 13.8 Å². The Morgan fingerprint density at radius 3 is 2.46 bits per heavy atom. The summed E-state index contributed by atoms with van der Waals surface area (Å²) in [6, 6.07) is 3.44. The molecule has 1 atom stereocenters. The van der Waals surface area contributed by atoms with Crippen molar-refractivity contribution in [3.05, 3.63) is 39.3 Å². The van der Waals surface area contributed by atoms with E-state index in [0.29, 0.717) is 5.65 Å². The molecule has 0 bridgehead atoms. The second-order valence-electron chi connectivity index (χ2n) is 6.96. The second kappa shape index (κ2) is 6.75. The maximum atomic E-state index is 13.0. The Morgan fingerprint density at radius 1 is 1.19 bits per heavy atom. The van der Waals surface area contributed by atoms with Gasteiger partial charge < -0.3 is 0 Å². The van der Waals surface area contributed by atoms with Crippen LogP contribution >= 0.6 is 11.3 Å². The van der Waals surface area contributed by atoms with Crippen molar-refractivity contribution in [2.75, 3.05) is 0 Å². The summed E-state index contributed by atoms with van der Waals surface area (Å²) in [5.41, 5.74) is 2.47. The third-order valence-electron chi connectivity index (χ3n) is 4.51. The summed E-state index contributed by atoms with van der Waals surface area (Å²) in [7, 11) is -1.91. The van der Waals surface area contributed by atoms with Gasteiger partial charge in [0.25, 0.3) is 0 Å². The summed E-state index contributed by atoms with van der Waals surface area (Å²) >= 11 is 1.69. The molecule has 1 unspecified atom stereocenters. The maximum Gasteiger partial charge on any atom is 0.242 e. The zero-order valence-corrected chi connectivity index (χ0v) is 17.5. The average Bonchev–Trinajstić information content (AvgIpc) is 3.03. The van der Waals surface area contributed by atoms with Crippen LogP contribution in [0.15, 0.2) is 23.2 Å². The number of aryl methyl sites for hydroxylation is 4. The summed E-state index contributed by atoms with van der Waals surface area (Å²) in [6.45, 7) is 9.96. The van der Waals surface area contributed by atoms with Crippen molar-refractivity contribution in [2.45, 2.75) is 45.6 Å². The van der Waals surface area contributed by atoms with Crippen LogP contribution in [-0.4, -0.2) is 23.2 Å². The van der Waals surface area contributed by atoms with Crippen molar-refractivity contribution in [1.29, 1.82) is 0 Å². The normalized spacial score (nSPS) is 13.7. The molecule has 1 N–H and O–H groups in total. The number of pyridine rings is 1. The third-order valence-corrected chi connectivity index (χ3v) is 6.90. The minimum absolute atomic E-state index is 0.120. The molecule has 6 nitrogen and oxygen atoms in total. The minimum Gasteiger partial charge on any atom is -0.250 e. The van der Waals surface area contributed by atoms with Crippen LogP contribution in [-0.2, 0) is 17.1 Å². The monoisotopic (exact) mass is 392 g/mol. The van der Waals surface area contributed by atoms with Crippen LogP contribution in [0, 0.1) is 26.7 Å². The Morgan fingerprint density at radius 2 is 1.88 bits per heavy atom. The van der Waals surface area contributed by atoms with E-state index in [1.165, 1.54) is 11.1 Å². The lowest BCUT2D eigenvalue weighted by atomic mass is 9.97.